The van der Waals surface area contributed by atoms with Crippen LogP contribution in [0.15, 0.2) is 47.4 Å². The molecule has 2 aromatic carbocycles. The van der Waals surface area contributed by atoms with Crippen molar-refractivity contribution in [3.8, 4) is 0 Å². The molecule has 0 aliphatic heterocycles. The van der Waals surface area contributed by atoms with Crippen molar-refractivity contribution in [1.82, 2.24) is 4.72 Å². The smallest absolute Gasteiger partial charge is 0.241 e. The maximum absolute atomic E-state index is 12.9. The summed E-state index contributed by atoms with van der Waals surface area (Å²) >= 11 is 0. The molecule has 0 spiro atoms. The van der Waals surface area contributed by atoms with Crippen LogP contribution in [0.4, 0.5) is 0 Å². The normalized spacial score (nSPS) is 22.6. The molecular formula is C20H23NO3S. The molecule has 132 valence electrons. The van der Waals surface area contributed by atoms with Gasteiger partial charge in [0.15, 0.2) is 0 Å². The van der Waals surface area contributed by atoms with E-state index in [1.165, 1.54) is 6.92 Å². The molecule has 0 fully saturated rings. The zero-order chi connectivity index (χ0) is 18.4. The fourth-order valence-electron chi connectivity index (χ4n) is 3.86. The molecule has 0 bridgehead atoms. The van der Waals surface area contributed by atoms with Crippen LogP contribution in [0, 0.1) is 19.8 Å². The molecule has 0 saturated heterocycles. The fourth-order valence-corrected chi connectivity index (χ4v) is 5.09. The molecule has 3 atom stereocenters. The SMILES string of the molecule is CC(=O)[C@H]1[C@H](NS(=O)(=O)c2ccc(C)cc2)c2c(C)cccc2[C@@H]1C. The van der Waals surface area contributed by atoms with Gasteiger partial charge in [0.25, 0.3) is 0 Å². The van der Waals surface area contributed by atoms with Crippen LogP contribution in [0.2, 0.25) is 0 Å². The highest BCUT2D eigenvalue weighted by Gasteiger charge is 2.43. The summed E-state index contributed by atoms with van der Waals surface area (Å²) < 4.78 is 28.5. The van der Waals surface area contributed by atoms with Gasteiger partial charge in [-0.3, -0.25) is 4.79 Å². The van der Waals surface area contributed by atoms with E-state index >= 15 is 0 Å². The molecule has 0 heterocycles. The minimum atomic E-state index is -3.71. The van der Waals surface area contributed by atoms with Crippen molar-refractivity contribution in [1.29, 1.82) is 0 Å². The van der Waals surface area contributed by atoms with Gasteiger partial charge in [0, 0.05) is 5.92 Å². The number of rotatable bonds is 4. The lowest BCUT2D eigenvalue weighted by atomic mass is 9.89. The van der Waals surface area contributed by atoms with E-state index in [2.05, 4.69) is 4.72 Å². The van der Waals surface area contributed by atoms with Crippen molar-refractivity contribution >= 4 is 15.8 Å². The summed E-state index contributed by atoms with van der Waals surface area (Å²) in [7, 11) is -3.71. The summed E-state index contributed by atoms with van der Waals surface area (Å²) in [5, 5.41) is 0. The molecule has 1 aliphatic rings. The molecule has 0 aromatic heterocycles. The molecule has 5 heteroatoms. The lowest BCUT2D eigenvalue weighted by molar-refractivity contribution is -0.121. The number of hydrogen-bond acceptors (Lipinski definition) is 3. The molecule has 25 heavy (non-hydrogen) atoms. The minimum absolute atomic E-state index is 0.000272. The average molecular weight is 357 g/mol. The predicted octanol–water partition coefficient (Wildman–Crippen LogP) is 3.65. The summed E-state index contributed by atoms with van der Waals surface area (Å²) in [5.74, 6) is -0.408. The van der Waals surface area contributed by atoms with Crippen LogP contribution in [-0.4, -0.2) is 14.2 Å². The predicted molar refractivity (Wildman–Crippen MR) is 98.0 cm³/mol. The fraction of sp³-hybridized carbons (Fsp3) is 0.350. The second-order valence-electron chi connectivity index (χ2n) is 6.91. The van der Waals surface area contributed by atoms with Crippen LogP contribution in [0.25, 0.3) is 0 Å². The topological polar surface area (TPSA) is 63.2 Å². The summed E-state index contributed by atoms with van der Waals surface area (Å²) in [6, 6.07) is 12.1. The van der Waals surface area contributed by atoms with Crippen molar-refractivity contribution in [2.75, 3.05) is 0 Å². The number of carbonyl (C=O) groups excluding carboxylic acids is 1. The molecular weight excluding hydrogens is 334 g/mol. The van der Waals surface area contributed by atoms with E-state index < -0.39 is 22.0 Å². The molecule has 2 aromatic rings. The number of aryl methyl sites for hydroxylation is 2. The monoisotopic (exact) mass is 357 g/mol. The Hall–Kier alpha value is -1.98. The Kier molecular flexibility index (Phi) is 4.56. The first-order valence-corrected chi connectivity index (χ1v) is 9.89. The number of hydrogen-bond donors (Lipinski definition) is 1. The number of Topliss-reactive ketones (excluding diaryl/α,β-unsaturated/α-hetero) is 1. The molecule has 3 rings (SSSR count). The molecule has 1 N–H and O–H groups in total. The second kappa shape index (κ2) is 6.39. The molecule has 0 amide bonds. The van der Waals surface area contributed by atoms with E-state index in [4.69, 9.17) is 0 Å². The number of carbonyl (C=O) groups is 1. The third-order valence-corrected chi connectivity index (χ3v) is 6.60. The molecule has 0 unspecified atom stereocenters. The Morgan fingerprint density at radius 1 is 1.04 bits per heavy atom. The van der Waals surface area contributed by atoms with Crippen LogP contribution in [0.3, 0.4) is 0 Å². The van der Waals surface area contributed by atoms with Crippen LogP contribution in [-0.2, 0) is 14.8 Å². The van der Waals surface area contributed by atoms with E-state index in [-0.39, 0.29) is 16.6 Å². The summed E-state index contributed by atoms with van der Waals surface area (Å²) in [4.78, 5) is 12.5. The first kappa shape index (κ1) is 17.8. The first-order chi connectivity index (χ1) is 11.7. The number of benzene rings is 2. The Balaban J connectivity index is 2.06. The number of ketones is 1. The summed E-state index contributed by atoms with van der Waals surface area (Å²) in [6.07, 6.45) is 0. The van der Waals surface area contributed by atoms with Crippen LogP contribution >= 0.6 is 0 Å². The van der Waals surface area contributed by atoms with Crippen LogP contribution < -0.4 is 4.72 Å². The van der Waals surface area contributed by atoms with Gasteiger partial charge < -0.3 is 0 Å². The number of fused-ring (bicyclic) bond motifs is 1. The third kappa shape index (κ3) is 3.14. The second-order valence-corrected chi connectivity index (χ2v) is 8.63. The van der Waals surface area contributed by atoms with Crippen molar-refractivity contribution in [3.05, 3.63) is 64.7 Å². The van der Waals surface area contributed by atoms with Gasteiger partial charge >= 0.3 is 0 Å². The standard InChI is InChI=1S/C20H23NO3S/c1-12-8-10-16(11-9-12)25(23,24)21-20-18-13(2)6-5-7-17(18)14(3)19(20)15(4)22/h5-11,14,19-21H,1-4H3/t14-,19-,20+/m0/s1. The van der Waals surface area contributed by atoms with Crippen molar-refractivity contribution < 1.29 is 13.2 Å². The van der Waals surface area contributed by atoms with Gasteiger partial charge in [-0.2, -0.15) is 0 Å². The number of sulfonamides is 1. The van der Waals surface area contributed by atoms with Crippen molar-refractivity contribution in [2.45, 2.75) is 44.6 Å². The third-order valence-electron chi connectivity index (χ3n) is 5.14. The molecule has 1 aliphatic carbocycles. The van der Waals surface area contributed by atoms with Crippen LogP contribution in [0.1, 0.15) is 48.1 Å². The molecule has 4 nitrogen and oxygen atoms in total. The Morgan fingerprint density at radius 3 is 2.28 bits per heavy atom. The zero-order valence-corrected chi connectivity index (χ0v) is 15.7. The highest BCUT2D eigenvalue weighted by Crippen LogP contribution is 2.47. The van der Waals surface area contributed by atoms with Crippen molar-refractivity contribution in [2.24, 2.45) is 5.92 Å². The molecule has 0 radical (unpaired) electrons. The highest BCUT2D eigenvalue weighted by atomic mass is 32.2. The Bertz CT molecular complexity index is 916. The van der Waals surface area contributed by atoms with E-state index in [1.807, 2.05) is 39.0 Å². The minimum Gasteiger partial charge on any atom is -0.300 e. The van der Waals surface area contributed by atoms with E-state index in [0.717, 1.165) is 22.3 Å². The van der Waals surface area contributed by atoms with Gasteiger partial charge in [-0.25, -0.2) is 13.1 Å². The van der Waals surface area contributed by atoms with Gasteiger partial charge in [0.1, 0.15) is 5.78 Å². The Labute approximate surface area is 149 Å². The largest absolute Gasteiger partial charge is 0.300 e. The van der Waals surface area contributed by atoms with Crippen LogP contribution in [0.5, 0.6) is 0 Å². The van der Waals surface area contributed by atoms with Gasteiger partial charge in [0.05, 0.1) is 10.9 Å². The summed E-state index contributed by atoms with van der Waals surface area (Å²) in [5.41, 5.74) is 3.99. The zero-order valence-electron chi connectivity index (χ0n) is 14.9. The lowest BCUT2D eigenvalue weighted by Gasteiger charge is -2.23. The average Bonchev–Trinajstić information content (AvgIpc) is 2.81. The maximum Gasteiger partial charge on any atom is 0.241 e. The van der Waals surface area contributed by atoms with Gasteiger partial charge in [0.2, 0.25) is 10.0 Å². The quantitative estimate of drug-likeness (QED) is 0.908. The maximum atomic E-state index is 12.9. The molecule has 0 saturated carbocycles. The highest BCUT2D eigenvalue weighted by molar-refractivity contribution is 7.89. The van der Waals surface area contributed by atoms with Crippen molar-refractivity contribution in [3.63, 3.8) is 0 Å². The number of nitrogens with one attached hydrogen (secondary N) is 1. The van der Waals surface area contributed by atoms with Gasteiger partial charge in [-0.15, -0.1) is 0 Å². The van der Waals surface area contributed by atoms with Gasteiger partial charge in [-0.05, 0) is 55.5 Å². The lowest BCUT2D eigenvalue weighted by Crippen LogP contribution is -2.35. The Morgan fingerprint density at radius 2 is 1.68 bits per heavy atom. The van der Waals surface area contributed by atoms with Gasteiger partial charge in [-0.1, -0.05) is 42.8 Å². The van der Waals surface area contributed by atoms with E-state index in [0.29, 0.717) is 0 Å². The first-order valence-electron chi connectivity index (χ1n) is 8.41. The summed E-state index contributed by atoms with van der Waals surface area (Å²) in [6.45, 7) is 7.40. The van der Waals surface area contributed by atoms with E-state index in [1.54, 1.807) is 24.3 Å². The van der Waals surface area contributed by atoms with E-state index in [9.17, 15) is 13.2 Å².